The zero-order chi connectivity index (χ0) is 21.8. The van der Waals surface area contributed by atoms with Gasteiger partial charge in [0.25, 0.3) is 5.91 Å². The van der Waals surface area contributed by atoms with Crippen LogP contribution in [0.25, 0.3) is 6.08 Å². The number of hydrogen-bond acceptors (Lipinski definition) is 7. The molecular weight excluding hydrogens is 418 g/mol. The molecule has 7 nitrogen and oxygen atoms in total. The molecule has 31 heavy (non-hydrogen) atoms. The number of amides is 1. The van der Waals surface area contributed by atoms with E-state index in [1.54, 1.807) is 36.1 Å². The SMILES string of the molecule is CCOC(=O)C1CCCN(C(=O)COc2ccc3c(c2)O/C(=C\c2cccs2)C3=O)C1. The van der Waals surface area contributed by atoms with Gasteiger partial charge in [0.15, 0.2) is 12.4 Å². The van der Waals surface area contributed by atoms with Gasteiger partial charge in [-0.3, -0.25) is 14.4 Å². The maximum absolute atomic E-state index is 12.6. The van der Waals surface area contributed by atoms with Gasteiger partial charge in [-0.15, -0.1) is 11.3 Å². The summed E-state index contributed by atoms with van der Waals surface area (Å²) >= 11 is 1.52. The fraction of sp³-hybridized carbons (Fsp3) is 0.348. The number of carbonyl (C=O) groups is 3. The van der Waals surface area contributed by atoms with Gasteiger partial charge in [-0.2, -0.15) is 0 Å². The number of hydrogen-bond donors (Lipinski definition) is 0. The molecule has 1 unspecified atom stereocenters. The molecule has 0 radical (unpaired) electrons. The van der Waals surface area contributed by atoms with E-state index in [4.69, 9.17) is 14.2 Å². The monoisotopic (exact) mass is 441 g/mol. The summed E-state index contributed by atoms with van der Waals surface area (Å²) in [4.78, 5) is 39.6. The van der Waals surface area contributed by atoms with Crippen LogP contribution in [-0.2, 0) is 14.3 Å². The number of fused-ring (bicyclic) bond motifs is 1. The van der Waals surface area contributed by atoms with Crippen molar-refractivity contribution in [3.63, 3.8) is 0 Å². The zero-order valence-corrected chi connectivity index (χ0v) is 18.0. The first-order valence-electron chi connectivity index (χ1n) is 10.2. The number of benzene rings is 1. The predicted molar refractivity (Wildman–Crippen MR) is 115 cm³/mol. The summed E-state index contributed by atoms with van der Waals surface area (Å²) in [5, 5.41) is 1.93. The molecule has 0 aliphatic carbocycles. The Balaban J connectivity index is 1.36. The Morgan fingerprint density at radius 1 is 1.32 bits per heavy atom. The molecule has 0 N–H and O–H groups in total. The van der Waals surface area contributed by atoms with Gasteiger partial charge in [0, 0.05) is 30.1 Å². The largest absolute Gasteiger partial charge is 0.484 e. The molecule has 0 spiro atoms. The number of allylic oxidation sites excluding steroid dienone is 1. The highest BCUT2D eigenvalue weighted by atomic mass is 32.1. The van der Waals surface area contributed by atoms with Gasteiger partial charge in [-0.05, 0) is 43.3 Å². The third kappa shape index (κ3) is 4.80. The predicted octanol–water partition coefficient (Wildman–Crippen LogP) is 3.54. The quantitative estimate of drug-likeness (QED) is 0.504. The summed E-state index contributed by atoms with van der Waals surface area (Å²) in [6.07, 6.45) is 3.19. The molecule has 2 aliphatic heterocycles. The number of carbonyl (C=O) groups excluding carboxylic acids is 3. The lowest BCUT2D eigenvalue weighted by Crippen LogP contribution is -2.44. The van der Waals surface area contributed by atoms with E-state index in [9.17, 15) is 14.4 Å². The molecule has 2 aliphatic rings. The van der Waals surface area contributed by atoms with Crippen molar-refractivity contribution >= 4 is 35.1 Å². The topological polar surface area (TPSA) is 82.1 Å². The third-order valence-corrected chi connectivity index (χ3v) is 6.03. The second kappa shape index (κ2) is 9.34. The van der Waals surface area contributed by atoms with Gasteiger partial charge in [0.1, 0.15) is 11.5 Å². The highest BCUT2D eigenvalue weighted by Crippen LogP contribution is 2.35. The fourth-order valence-electron chi connectivity index (χ4n) is 3.65. The second-order valence-electron chi connectivity index (χ2n) is 7.33. The van der Waals surface area contributed by atoms with Crippen molar-refractivity contribution in [3.8, 4) is 11.5 Å². The standard InChI is InChI=1S/C23H23NO6S/c1-2-28-23(27)15-5-3-9-24(13-15)21(25)14-29-16-7-8-18-19(11-16)30-20(22(18)26)12-17-6-4-10-31-17/h4,6-8,10-12,15H,2-3,5,9,13-14H2,1H3/b20-12-. The van der Waals surface area contributed by atoms with Gasteiger partial charge >= 0.3 is 5.97 Å². The molecule has 1 fully saturated rings. The van der Waals surface area contributed by atoms with Crippen LogP contribution in [0.4, 0.5) is 0 Å². The van der Waals surface area contributed by atoms with Crippen molar-refractivity contribution in [2.24, 2.45) is 5.92 Å². The number of ether oxygens (including phenoxy) is 3. The fourth-order valence-corrected chi connectivity index (χ4v) is 4.30. The first kappa shape index (κ1) is 21.1. The molecule has 3 heterocycles. The zero-order valence-electron chi connectivity index (χ0n) is 17.2. The van der Waals surface area contributed by atoms with Crippen LogP contribution in [0.1, 0.15) is 35.0 Å². The van der Waals surface area contributed by atoms with Crippen LogP contribution in [-0.4, -0.2) is 48.9 Å². The minimum absolute atomic E-state index is 0.153. The molecular formula is C23H23NO6S. The molecule has 1 amide bonds. The summed E-state index contributed by atoms with van der Waals surface area (Å²) in [6.45, 7) is 2.89. The maximum atomic E-state index is 12.6. The van der Waals surface area contributed by atoms with Crippen LogP contribution < -0.4 is 9.47 Å². The van der Waals surface area contributed by atoms with Crippen molar-refractivity contribution in [2.45, 2.75) is 19.8 Å². The number of nitrogens with zero attached hydrogens (tertiary/aromatic N) is 1. The number of Topliss-reactive ketones (excluding diaryl/α,β-unsaturated/α-hetero) is 1. The Bertz CT molecular complexity index is 1010. The minimum atomic E-state index is -0.286. The lowest BCUT2D eigenvalue weighted by Gasteiger charge is -2.31. The molecule has 2 aromatic rings. The minimum Gasteiger partial charge on any atom is -0.484 e. The van der Waals surface area contributed by atoms with Crippen LogP contribution in [0.15, 0.2) is 41.5 Å². The van der Waals surface area contributed by atoms with E-state index in [0.29, 0.717) is 36.8 Å². The summed E-state index contributed by atoms with van der Waals surface area (Å²) in [6, 6.07) is 8.73. The van der Waals surface area contributed by atoms with Crippen LogP contribution >= 0.6 is 11.3 Å². The van der Waals surface area contributed by atoms with E-state index >= 15 is 0 Å². The van der Waals surface area contributed by atoms with Crippen molar-refractivity contribution in [2.75, 3.05) is 26.3 Å². The Hall–Kier alpha value is -3.13. The molecule has 1 aromatic carbocycles. The number of likely N-dealkylation sites (tertiary alicyclic amines) is 1. The van der Waals surface area contributed by atoms with Gasteiger partial charge in [0.2, 0.25) is 5.78 Å². The Morgan fingerprint density at radius 3 is 2.97 bits per heavy atom. The molecule has 1 aromatic heterocycles. The summed E-state index contributed by atoms with van der Waals surface area (Å²) in [7, 11) is 0. The molecule has 162 valence electrons. The Kier molecular flexibility index (Phi) is 6.36. The first-order valence-corrected chi connectivity index (χ1v) is 11.1. The molecule has 1 saturated heterocycles. The number of thiophene rings is 1. The average Bonchev–Trinajstić information content (AvgIpc) is 3.40. The number of esters is 1. The van der Waals surface area contributed by atoms with E-state index in [1.807, 2.05) is 17.5 Å². The van der Waals surface area contributed by atoms with E-state index in [0.717, 1.165) is 17.7 Å². The van der Waals surface area contributed by atoms with Crippen molar-refractivity contribution in [1.29, 1.82) is 0 Å². The number of rotatable bonds is 6. The normalized spacial score (nSPS) is 19.1. The Morgan fingerprint density at radius 2 is 2.19 bits per heavy atom. The van der Waals surface area contributed by atoms with E-state index in [-0.39, 0.29) is 35.9 Å². The molecule has 1 atom stereocenters. The van der Waals surface area contributed by atoms with Crippen LogP contribution in [0.3, 0.4) is 0 Å². The van der Waals surface area contributed by atoms with E-state index in [2.05, 4.69) is 0 Å². The van der Waals surface area contributed by atoms with E-state index < -0.39 is 0 Å². The van der Waals surface area contributed by atoms with Crippen molar-refractivity contribution in [3.05, 3.63) is 51.9 Å². The number of ketones is 1. The summed E-state index contributed by atoms with van der Waals surface area (Å²) in [5.74, 6) is 0.214. The molecule has 4 rings (SSSR count). The van der Waals surface area contributed by atoms with Gasteiger partial charge in [-0.1, -0.05) is 6.07 Å². The van der Waals surface area contributed by atoms with E-state index in [1.165, 1.54) is 11.3 Å². The lowest BCUT2D eigenvalue weighted by atomic mass is 9.98. The van der Waals surface area contributed by atoms with Crippen LogP contribution in [0, 0.1) is 5.92 Å². The van der Waals surface area contributed by atoms with Gasteiger partial charge in [-0.25, -0.2) is 0 Å². The third-order valence-electron chi connectivity index (χ3n) is 5.21. The summed E-state index contributed by atoms with van der Waals surface area (Å²) in [5.41, 5.74) is 0.467. The summed E-state index contributed by atoms with van der Waals surface area (Å²) < 4.78 is 16.4. The van der Waals surface area contributed by atoms with Crippen LogP contribution in [0.2, 0.25) is 0 Å². The maximum Gasteiger partial charge on any atom is 0.310 e. The highest BCUT2D eigenvalue weighted by molar-refractivity contribution is 7.10. The molecule has 0 bridgehead atoms. The smallest absolute Gasteiger partial charge is 0.310 e. The van der Waals surface area contributed by atoms with Gasteiger partial charge < -0.3 is 19.1 Å². The molecule has 8 heteroatoms. The Labute approximate surface area is 184 Å². The second-order valence-corrected chi connectivity index (χ2v) is 8.31. The van der Waals surface area contributed by atoms with Crippen LogP contribution in [0.5, 0.6) is 11.5 Å². The molecule has 0 saturated carbocycles. The van der Waals surface area contributed by atoms with Gasteiger partial charge in [0.05, 0.1) is 18.1 Å². The highest BCUT2D eigenvalue weighted by Gasteiger charge is 2.30. The van der Waals surface area contributed by atoms with Crippen molar-refractivity contribution in [1.82, 2.24) is 4.90 Å². The first-order chi connectivity index (χ1) is 15.0. The van der Waals surface area contributed by atoms with Crippen molar-refractivity contribution < 1.29 is 28.6 Å². The lowest BCUT2D eigenvalue weighted by molar-refractivity contribution is -0.151. The number of piperidine rings is 1. The average molecular weight is 442 g/mol.